The highest BCUT2D eigenvalue weighted by molar-refractivity contribution is 5.94. The van der Waals surface area contributed by atoms with Gasteiger partial charge in [-0.25, -0.2) is 9.97 Å². The Kier molecular flexibility index (Phi) is 14.8. The second-order valence-electron chi connectivity index (χ2n) is 9.04. The third kappa shape index (κ3) is 8.48. The summed E-state index contributed by atoms with van der Waals surface area (Å²) in [6, 6.07) is 11.6. The van der Waals surface area contributed by atoms with Gasteiger partial charge in [-0.2, -0.15) is 5.26 Å². The van der Waals surface area contributed by atoms with Crippen LogP contribution in [0.5, 0.6) is 5.75 Å². The van der Waals surface area contributed by atoms with Crippen LogP contribution in [0.2, 0.25) is 0 Å². The molecule has 12 heteroatoms. The Morgan fingerprint density at radius 3 is 2.27 bits per heavy atom. The van der Waals surface area contributed by atoms with E-state index in [1.165, 1.54) is 0 Å². The summed E-state index contributed by atoms with van der Waals surface area (Å²) in [4.78, 5) is 28.6. The first-order chi connectivity index (χ1) is 18.1. The van der Waals surface area contributed by atoms with Gasteiger partial charge in [-0.1, -0.05) is 12.1 Å². The molecule has 218 valence electrons. The SMILES string of the molecule is CCOc1cc(C(=O)N2CCN(Cc3cncn3Cc3ccc(C#N)cc3)CC2)cnc1N(CC)CC.Cl.Cl.Cl. The van der Waals surface area contributed by atoms with Gasteiger partial charge < -0.3 is 19.1 Å². The summed E-state index contributed by atoms with van der Waals surface area (Å²) in [6.07, 6.45) is 5.42. The fourth-order valence-electron chi connectivity index (χ4n) is 4.60. The Morgan fingerprint density at radius 1 is 1.00 bits per heavy atom. The third-order valence-electron chi connectivity index (χ3n) is 6.72. The topological polar surface area (TPSA) is 90.5 Å². The summed E-state index contributed by atoms with van der Waals surface area (Å²) >= 11 is 0. The van der Waals surface area contributed by atoms with Crippen molar-refractivity contribution >= 4 is 48.9 Å². The highest BCUT2D eigenvalue weighted by Crippen LogP contribution is 2.27. The van der Waals surface area contributed by atoms with E-state index in [1.807, 2.05) is 54.7 Å². The van der Waals surface area contributed by atoms with Gasteiger partial charge in [-0.05, 0) is 44.5 Å². The highest BCUT2D eigenvalue weighted by Gasteiger charge is 2.24. The number of amides is 1. The average Bonchev–Trinajstić information content (AvgIpc) is 3.37. The summed E-state index contributed by atoms with van der Waals surface area (Å²) in [6.45, 7) is 12.6. The van der Waals surface area contributed by atoms with Crippen LogP contribution in [0.25, 0.3) is 0 Å². The maximum atomic E-state index is 13.3. The predicted molar refractivity (Wildman–Crippen MR) is 164 cm³/mol. The first kappa shape index (κ1) is 35.0. The summed E-state index contributed by atoms with van der Waals surface area (Å²) in [5.41, 5.74) is 3.47. The van der Waals surface area contributed by atoms with Crippen LogP contribution in [0.1, 0.15) is 48.0 Å². The lowest BCUT2D eigenvalue weighted by Gasteiger charge is -2.35. The number of hydrogen-bond acceptors (Lipinski definition) is 7. The Hall–Kier alpha value is -3.03. The van der Waals surface area contributed by atoms with Gasteiger partial charge in [0, 0.05) is 64.8 Å². The molecule has 4 rings (SSSR count). The smallest absolute Gasteiger partial charge is 0.255 e. The van der Waals surface area contributed by atoms with E-state index in [4.69, 9.17) is 10.00 Å². The van der Waals surface area contributed by atoms with Crippen LogP contribution in [0.15, 0.2) is 49.1 Å². The molecular weight excluding hydrogens is 573 g/mol. The molecule has 1 aliphatic rings. The van der Waals surface area contributed by atoms with Gasteiger partial charge in [-0.3, -0.25) is 9.69 Å². The lowest BCUT2D eigenvalue weighted by molar-refractivity contribution is 0.0625. The molecule has 3 heterocycles. The van der Waals surface area contributed by atoms with Crippen LogP contribution in [-0.4, -0.2) is 76.1 Å². The first-order valence-electron chi connectivity index (χ1n) is 12.9. The molecule has 0 N–H and O–H groups in total. The Balaban J connectivity index is 0.00000267. The Bertz CT molecular complexity index is 1240. The zero-order valence-corrected chi connectivity index (χ0v) is 25.6. The van der Waals surface area contributed by atoms with Crippen molar-refractivity contribution in [2.24, 2.45) is 0 Å². The summed E-state index contributed by atoms with van der Waals surface area (Å²) < 4.78 is 7.97. The number of rotatable bonds is 10. The molecule has 9 nitrogen and oxygen atoms in total. The van der Waals surface area contributed by atoms with E-state index >= 15 is 0 Å². The van der Waals surface area contributed by atoms with Crippen molar-refractivity contribution < 1.29 is 9.53 Å². The number of benzene rings is 1. The van der Waals surface area contributed by atoms with Crippen molar-refractivity contribution in [2.75, 3.05) is 50.8 Å². The molecule has 1 amide bonds. The van der Waals surface area contributed by atoms with Crippen LogP contribution >= 0.6 is 37.2 Å². The predicted octanol–water partition coefficient (Wildman–Crippen LogP) is 4.67. The van der Waals surface area contributed by atoms with Crippen molar-refractivity contribution in [3.05, 3.63) is 71.4 Å². The fourth-order valence-corrected chi connectivity index (χ4v) is 4.60. The van der Waals surface area contributed by atoms with E-state index in [1.54, 1.807) is 6.20 Å². The standard InChI is InChI=1S/C28H35N7O2.3ClH/c1-4-33(5-2)27-26(37-6-3)15-24(17-31-27)28(36)34-13-11-32(12-14-34)20-25-18-30-21-35(25)19-23-9-7-22(16-29)8-10-23;;;/h7-10,15,17-18,21H,4-6,11-14,19-20H2,1-3H3;3*1H. The van der Waals surface area contributed by atoms with Crippen molar-refractivity contribution in [3.8, 4) is 11.8 Å². The van der Waals surface area contributed by atoms with Gasteiger partial charge in [0.05, 0.1) is 35.8 Å². The second-order valence-corrected chi connectivity index (χ2v) is 9.04. The number of hydrogen-bond donors (Lipinski definition) is 0. The van der Waals surface area contributed by atoms with E-state index in [-0.39, 0.29) is 43.1 Å². The minimum Gasteiger partial charge on any atom is -0.490 e. The largest absolute Gasteiger partial charge is 0.490 e. The number of carbonyl (C=O) groups excluding carboxylic acids is 1. The van der Waals surface area contributed by atoms with Gasteiger partial charge >= 0.3 is 0 Å². The molecule has 0 unspecified atom stereocenters. The lowest BCUT2D eigenvalue weighted by atomic mass is 10.1. The fraction of sp³-hybridized carbons (Fsp3) is 0.429. The van der Waals surface area contributed by atoms with E-state index in [9.17, 15) is 4.79 Å². The number of carbonyl (C=O) groups is 1. The molecular formula is C28H38Cl3N7O2. The third-order valence-corrected chi connectivity index (χ3v) is 6.72. The second kappa shape index (κ2) is 16.9. The number of pyridine rings is 1. The highest BCUT2D eigenvalue weighted by atomic mass is 35.5. The minimum absolute atomic E-state index is 0. The maximum Gasteiger partial charge on any atom is 0.255 e. The average molecular weight is 611 g/mol. The summed E-state index contributed by atoms with van der Waals surface area (Å²) in [5, 5.41) is 9.01. The molecule has 0 spiro atoms. The molecule has 40 heavy (non-hydrogen) atoms. The number of halogens is 3. The first-order valence-corrected chi connectivity index (χ1v) is 12.9. The number of nitrogens with zero attached hydrogens (tertiary/aromatic N) is 7. The van der Waals surface area contributed by atoms with Crippen molar-refractivity contribution in [3.63, 3.8) is 0 Å². The van der Waals surface area contributed by atoms with Crippen LogP contribution < -0.4 is 9.64 Å². The van der Waals surface area contributed by atoms with Gasteiger partial charge in [0.25, 0.3) is 5.91 Å². The van der Waals surface area contributed by atoms with E-state index in [0.717, 1.165) is 49.8 Å². The van der Waals surface area contributed by atoms with Gasteiger partial charge in [0.1, 0.15) is 0 Å². The zero-order chi connectivity index (χ0) is 26.2. The number of nitriles is 1. The number of aromatic nitrogens is 3. The number of anilines is 1. The summed E-state index contributed by atoms with van der Waals surface area (Å²) in [7, 11) is 0. The van der Waals surface area contributed by atoms with E-state index < -0.39 is 0 Å². The normalized spacial score (nSPS) is 12.8. The molecule has 0 radical (unpaired) electrons. The molecule has 0 aliphatic carbocycles. The van der Waals surface area contributed by atoms with Gasteiger partial charge in [0.15, 0.2) is 11.6 Å². The Labute approximate surface area is 255 Å². The van der Waals surface area contributed by atoms with Crippen molar-refractivity contribution in [1.29, 1.82) is 5.26 Å². The monoisotopic (exact) mass is 609 g/mol. The number of piperazine rings is 1. The molecule has 2 aromatic heterocycles. The van der Waals surface area contributed by atoms with Crippen LogP contribution in [0.3, 0.4) is 0 Å². The molecule has 0 bridgehead atoms. The van der Waals surface area contributed by atoms with E-state index in [0.29, 0.717) is 43.1 Å². The number of imidazole rings is 1. The molecule has 3 aromatic rings. The van der Waals surface area contributed by atoms with Crippen LogP contribution in [0, 0.1) is 11.3 Å². The van der Waals surface area contributed by atoms with Crippen LogP contribution in [0.4, 0.5) is 5.82 Å². The van der Waals surface area contributed by atoms with Gasteiger partial charge in [-0.15, -0.1) is 37.2 Å². The van der Waals surface area contributed by atoms with Gasteiger partial charge in [0.2, 0.25) is 0 Å². The zero-order valence-electron chi connectivity index (χ0n) is 23.2. The molecule has 0 atom stereocenters. The lowest BCUT2D eigenvalue weighted by Crippen LogP contribution is -2.48. The van der Waals surface area contributed by atoms with Crippen molar-refractivity contribution in [1.82, 2.24) is 24.3 Å². The summed E-state index contributed by atoms with van der Waals surface area (Å²) in [5.74, 6) is 1.43. The molecule has 1 fully saturated rings. The van der Waals surface area contributed by atoms with Crippen LogP contribution in [-0.2, 0) is 13.1 Å². The molecule has 1 aromatic carbocycles. The van der Waals surface area contributed by atoms with Crippen molar-refractivity contribution in [2.45, 2.75) is 33.9 Å². The maximum absolute atomic E-state index is 13.3. The minimum atomic E-state index is -0.00921. The molecule has 1 saturated heterocycles. The molecule has 1 aliphatic heterocycles. The Morgan fingerprint density at radius 2 is 1.68 bits per heavy atom. The molecule has 0 saturated carbocycles. The van der Waals surface area contributed by atoms with E-state index in [2.05, 4.69) is 44.3 Å². The number of ether oxygens (including phenoxy) is 1. The quantitative estimate of drug-likeness (QED) is 0.330.